The maximum absolute atomic E-state index is 4.50. The number of pyridine rings is 2. The second-order valence-corrected chi connectivity index (χ2v) is 4.05. The van der Waals surface area contributed by atoms with Crippen LogP contribution in [0.25, 0.3) is 22.6 Å². The van der Waals surface area contributed by atoms with Crippen molar-refractivity contribution in [3.8, 4) is 11.4 Å². The summed E-state index contributed by atoms with van der Waals surface area (Å²) in [5.74, 6) is 0.826. The number of fused-ring (bicyclic) bond motifs is 1. The molecule has 0 aliphatic rings. The number of hydrogen-bond donors (Lipinski definition) is 1. The van der Waals surface area contributed by atoms with Crippen molar-refractivity contribution in [3.05, 3.63) is 41.9 Å². The predicted molar refractivity (Wildman–Crippen MR) is 66.6 cm³/mol. The number of imidazole rings is 1. The molecule has 0 saturated heterocycles. The fourth-order valence-electron chi connectivity index (χ4n) is 1.90. The van der Waals surface area contributed by atoms with Crippen LogP contribution in [0.1, 0.15) is 11.3 Å². The van der Waals surface area contributed by atoms with Crippen LogP contribution in [-0.2, 0) is 0 Å². The Morgan fingerprint density at radius 1 is 1.06 bits per heavy atom. The van der Waals surface area contributed by atoms with E-state index in [0.717, 1.165) is 33.8 Å². The van der Waals surface area contributed by atoms with E-state index in [1.54, 1.807) is 12.4 Å². The Morgan fingerprint density at radius 2 is 1.94 bits per heavy atom. The molecule has 4 nitrogen and oxygen atoms in total. The van der Waals surface area contributed by atoms with Crippen LogP contribution >= 0.6 is 0 Å². The Morgan fingerprint density at radius 3 is 2.71 bits per heavy atom. The molecule has 0 spiro atoms. The lowest BCUT2D eigenvalue weighted by molar-refractivity contribution is 1.18. The third kappa shape index (κ3) is 1.58. The van der Waals surface area contributed by atoms with Crippen molar-refractivity contribution in [1.29, 1.82) is 0 Å². The highest BCUT2D eigenvalue weighted by Crippen LogP contribution is 2.22. The maximum atomic E-state index is 4.50. The highest BCUT2D eigenvalue weighted by molar-refractivity contribution is 5.79. The van der Waals surface area contributed by atoms with E-state index < -0.39 is 0 Å². The monoisotopic (exact) mass is 224 g/mol. The number of aromatic amines is 1. The Labute approximate surface area is 98.8 Å². The summed E-state index contributed by atoms with van der Waals surface area (Å²) in [5.41, 5.74) is 4.87. The number of nitrogens with zero attached hydrogens (tertiary/aromatic N) is 3. The van der Waals surface area contributed by atoms with Gasteiger partial charge in [-0.3, -0.25) is 4.98 Å². The highest BCUT2D eigenvalue weighted by atomic mass is 15.0. The van der Waals surface area contributed by atoms with Gasteiger partial charge in [-0.2, -0.15) is 0 Å². The molecular formula is C13H12N4. The molecule has 0 bridgehead atoms. The average molecular weight is 224 g/mol. The lowest BCUT2D eigenvalue weighted by atomic mass is 10.2. The molecule has 17 heavy (non-hydrogen) atoms. The molecule has 0 aliphatic heterocycles. The Hall–Kier alpha value is -2.23. The van der Waals surface area contributed by atoms with Gasteiger partial charge in [0, 0.05) is 23.7 Å². The van der Waals surface area contributed by atoms with E-state index in [1.165, 1.54) is 0 Å². The number of aryl methyl sites for hydroxylation is 2. The van der Waals surface area contributed by atoms with Gasteiger partial charge in [-0.1, -0.05) is 0 Å². The Kier molecular flexibility index (Phi) is 2.14. The highest BCUT2D eigenvalue weighted by Gasteiger charge is 2.09. The zero-order valence-corrected chi connectivity index (χ0v) is 9.73. The fourth-order valence-corrected chi connectivity index (χ4v) is 1.90. The lowest BCUT2D eigenvalue weighted by Crippen LogP contribution is -1.87. The first kappa shape index (κ1) is 9.96. The third-order valence-corrected chi connectivity index (χ3v) is 2.86. The van der Waals surface area contributed by atoms with Gasteiger partial charge in [0.1, 0.15) is 5.82 Å². The summed E-state index contributed by atoms with van der Waals surface area (Å²) in [5, 5.41) is 0. The minimum absolute atomic E-state index is 0.753. The molecule has 1 N–H and O–H groups in total. The van der Waals surface area contributed by atoms with Gasteiger partial charge in [0.15, 0.2) is 5.65 Å². The van der Waals surface area contributed by atoms with Crippen molar-refractivity contribution in [2.24, 2.45) is 0 Å². The third-order valence-electron chi connectivity index (χ3n) is 2.86. The topological polar surface area (TPSA) is 54.5 Å². The van der Waals surface area contributed by atoms with Crippen molar-refractivity contribution >= 4 is 11.2 Å². The van der Waals surface area contributed by atoms with Gasteiger partial charge in [-0.05, 0) is 37.6 Å². The summed E-state index contributed by atoms with van der Waals surface area (Å²) < 4.78 is 0. The molecule has 0 aromatic carbocycles. The first-order chi connectivity index (χ1) is 8.25. The molecular weight excluding hydrogens is 212 g/mol. The minimum atomic E-state index is 0.753. The zero-order valence-electron chi connectivity index (χ0n) is 9.73. The molecule has 3 rings (SSSR count). The quantitative estimate of drug-likeness (QED) is 0.691. The molecule has 0 amide bonds. The number of rotatable bonds is 1. The Balaban J connectivity index is 2.26. The van der Waals surface area contributed by atoms with E-state index in [0.29, 0.717) is 0 Å². The van der Waals surface area contributed by atoms with Gasteiger partial charge in [-0.15, -0.1) is 0 Å². The van der Waals surface area contributed by atoms with Crippen molar-refractivity contribution in [1.82, 2.24) is 19.9 Å². The molecule has 4 heteroatoms. The van der Waals surface area contributed by atoms with Gasteiger partial charge in [0.2, 0.25) is 0 Å². The molecule has 0 aliphatic carbocycles. The van der Waals surface area contributed by atoms with E-state index in [1.807, 2.05) is 32.0 Å². The minimum Gasteiger partial charge on any atom is -0.336 e. The summed E-state index contributed by atoms with van der Waals surface area (Å²) in [6, 6.07) is 5.89. The number of H-pyrrole nitrogens is 1. The van der Waals surface area contributed by atoms with Crippen molar-refractivity contribution in [2.45, 2.75) is 13.8 Å². The summed E-state index contributed by atoms with van der Waals surface area (Å²) in [6.07, 6.45) is 3.56. The van der Waals surface area contributed by atoms with Crippen molar-refractivity contribution in [2.75, 3.05) is 0 Å². The van der Waals surface area contributed by atoms with Gasteiger partial charge in [-0.25, -0.2) is 9.97 Å². The van der Waals surface area contributed by atoms with Crippen LogP contribution in [0, 0.1) is 13.8 Å². The number of hydrogen-bond acceptors (Lipinski definition) is 3. The summed E-state index contributed by atoms with van der Waals surface area (Å²) in [4.78, 5) is 16.3. The van der Waals surface area contributed by atoms with Crippen LogP contribution in [0.2, 0.25) is 0 Å². The van der Waals surface area contributed by atoms with Gasteiger partial charge in [0.05, 0.1) is 5.52 Å². The first-order valence-corrected chi connectivity index (χ1v) is 5.49. The van der Waals surface area contributed by atoms with E-state index in [2.05, 4.69) is 19.9 Å². The molecule has 0 atom stereocenters. The fraction of sp³-hybridized carbons (Fsp3) is 0.154. The molecule has 3 heterocycles. The standard InChI is InChI=1S/C13H12N4/c1-8-5-7-15-13-11(8)16-12(17-13)10-4-3-6-14-9(10)2/h3-7H,1-2H3,(H,15,16,17). The second kappa shape index (κ2) is 3.66. The van der Waals surface area contributed by atoms with Crippen LogP contribution in [0.5, 0.6) is 0 Å². The average Bonchev–Trinajstić information content (AvgIpc) is 2.75. The van der Waals surface area contributed by atoms with Crippen molar-refractivity contribution in [3.63, 3.8) is 0 Å². The van der Waals surface area contributed by atoms with E-state index in [4.69, 9.17) is 0 Å². The summed E-state index contributed by atoms with van der Waals surface area (Å²) >= 11 is 0. The summed E-state index contributed by atoms with van der Waals surface area (Å²) in [6.45, 7) is 4.02. The molecule has 0 radical (unpaired) electrons. The second-order valence-electron chi connectivity index (χ2n) is 4.05. The molecule has 0 fully saturated rings. The SMILES string of the molecule is Cc1ncccc1-c1nc2nccc(C)c2[nH]1. The normalized spacial score (nSPS) is 10.9. The summed E-state index contributed by atoms with van der Waals surface area (Å²) in [7, 11) is 0. The van der Waals surface area contributed by atoms with Crippen LogP contribution in [0.3, 0.4) is 0 Å². The van der Waals surface area contributed by atoms with E-state index in [-0.39, 0.29) is 0 Å². The maximum Gasteiger partial charge on any atom is 0.178 e. The largest absolute Gasteiger partial charge is 0.336 e. The van der Waals surface area contributed by atoms with Gasteiger partial charge < -0.3 is 4.98 Å². The molecule has 3 aromatic rings. The van der Waals surface area contributed by atoms with Crippen molar-refractivity contribution < 1.29 is 0 Å². The predicted octanol–water partition coefficient (Wildman–Crippen LogP) is 2.64. The smallest absolute Gasteiger partial charge is 0.178 e. The van der Waals surface area contributed by atoms with Crippen LogP contribution in [0.4, 0.5) is 0 Å². The zero-order chi connectivity index (χ0) is 11.8. The Bertz CT molecular complexity index is 685. The van der Waals surface area contributed by atoms with Crippen LogP contribution in [0.15, 0.2) is 30.6 Å². The molecule has 0 saturated carbocycles. The molecule has 84 valence electrons. The van der Waals surface area contributed by atoms with E-state index >= 15 is 0 Å². The van der Waals surface area contributed by atoms with Crippen LogP contribution in [-0.4, -0.2) is 19.9 Å². The van der Waals surface area contributed by atoms with Crippen LogP contribution < -0.4 is 0 Å². The number of nitrogens with one attached hydrogen (secondary N) is 1. The number of aromatic nitrogens is 4. The van der Waals surface area contributed by atoms with Gasteiger partial charge >= 0.3 is 0 Å². The lowest BCUT2D eigenvalue weighted by Gasteiger charge is -1.99. The molecule has 0 unspecified atom stereocenters. The van der Waals surface area contributed by atoms with Gasteiger partial charge in [0.25, 0.3) is 0 Å². The van der Waals surface area contributed by atoms with E-state index in [9.17, 15) is 0 Å². The first-order valence-electron chi connectivity index (χ1n) is 5.49. The molecule has 3 aromatic heterocycles.